The Kier molecular flexibility index (Phi) is 3.55. The second-order valence-electron chi connectivity index (χ2n) is 5.61. The summed E-state index contributed by atoms with van der Waals surface area (Å²) in [6, 6.07) is 3.15. The van der Waals surface area contributed by atoms with Gasteiger partial charge in [-0.15, -0.1) is 0 Å². The van der Waals surface area contributed by atoms with Gasteiger partial charge in [0.2, 0.25) is 11.7 Å². The van der Waals surface area contributed by atoms with Gasteiger partial charge in [-0.2, -0.15) is 0 Å². The molecule has 24 heavy (non-hydrogen) atoms. The molecule has 0 saturated carbocycles. The minimum Gasteiger partial charge on any atom is -0.475 e. The summed E-state index contributed by atoms with van der Waals surface area (Å²) in [5.41, 5.74) is 5.95. The Morgan fingerprint density at radius 2 is 1.92 bits per heavy atom. The highest BCUT2D eigenvalue weighted by Gasteiger charge is 2.47. The van der Waals surface area contributed by atoms with E-state index in [0.29, 0.717) is 0 Å². The Labute approximate surface area is 135 Å². The average Bonchev–Trinajstić information content (AvgIpc) is 2.80. The third-order valence-corrected chi connectivity index (χ3v) is 4.20. The number of anilines is 1. The lowest BCUT2D eigenvalue weighted by Crippen LogP contribution is -2.56. The van der Waals surface area contributed by atoms with E-state index >= 15 is 0 Å². The molecule has 2 aliphatic heterocycles. The van der Waals surface area contributed by atoms with Crippen molar-refractivity contribution >= 4 is 35.2 Å². The zero-order valence-corrected chi connectivity index (χ0v) is 12.3. The van der Waals surface area contributed by atoms with Crippen LogP contribution in [-0.4, -0.2) is 52.1 Å². The van der Waals surface area contributed by atoms with E-state index < -0.39 is 41.4 Å². The fourth-order valence-electron chi connectivity index (χ4n) is 3.01. The molecule has 0 aromatic heterocycles. The molecule has 0 aliphatic carbocycles. The zero-order chi connectivity index (χ0) is 17.6. The molecule has 1 aromatic rings. The molecule has 0 spiro atoms. The van der Waals surface area contributed by atoms with Crippen molar-refractivity contribution in [1.29, 1.82) is 0 Å². The lowest BCUT2D eigenvalue weighted by molar-refractivity contribution is -0.152. The van der Waals surface area contributed by atoms with Gasteiger partial charge in [0, 0.05) is 18.2 Å². The van der Waals surface area contributed by atoms with Crippen molar-refractivity contribution in [3.63, 3.8) is 0 Å². The summed E-state index contributed by atoms with van der Waals surface area (Å²) >= 11 is 0. The summed E-state index contributed by atoms with van der Waals surface area (Å²) < 4.78 is 0. The fourth-order valence-corrected chi connectivity index (χ4v) is 3.01. The van der Waals surface area contributed by atoms with Crippen molar-refractivity contribution in [1.82, 2.24) is 10.2 Å². The molecular weight excluding hydrogens is 318 g/mol. The van der Waals surface area contributed by atoms with E-state index in [2.05, 4.69) is 5.32 Å². The number of imide groups is 1. The first-order chi connectivity index (χ1) is 11.3. The SMILES string of the molecule is Nc1cccc2c1C(=O)N(C1CC(C(=O)C(=O)O)CNC1=O)C2=O. The highest BCUT2D eigenvalue weighted by molar-refractivity contribution is 6.34. The number of carbonyl (C=O) groups excluding carboxylic acids is 4. The summed E-state index contributed by atoms with van der Waals surface area (Å²) in [7, 11) is 0. The lowest BCUT2D eigenvalue weighted by Gasteiger charge is -2.32. The number of carboxylic acid groups (broad SMARTS) is 1. The molecule has 9 heteroatoms. The first-order valence-corrected chi connectivity index (χ1v) is 7.14. The van der Waals surface area contributed by atoms with Crippen LogP contribution in [0.25, 0.3) is 0 Å². The second kappa shape index (κ2) is 5.44. The number of nitrogens with one attached hydrogen (secondary N) is 1. The van der Waals surface area contributed by atoms with Gasteiger partial charge in [0.1, 0.15) is 6.04 Å². The van der Waals surface area contributed by atoms with Crippen LogP contribution < -0.4 is 11.1 Å². The van der Waals surface area contributed by atoms with Gasteiger partial charge in [-0.1, -0.05) is 6.07 Å². The van der Waals surface area contributed by atoms with Crippen LogP contribution in [0.1, 0.15) is 27.1 Å². The number of nitrogen functional groups attached to an aromatic ring is 1. The molecule has 0 bridgehead atoms. The molecule has 2 atom stereocenters. The number of fused-ring (bicyclic) bond motifs is 1. The molecule has 2 unspecified atom stereocenters. The van der Waals surface area contributed by atoms with E-state index in [0.717, 1.165) is 4.90 Å². The van der Waals surface area contributed by atoms with E-state index in [1.807, 2.05) is 0 Å². The number of carbonyl (C=O) groups is 5. The summed E-state index contributed by atoms with van der Waals surface area (Å²) in [4.78, 5) is 60.3. The number of nitrogens with zero attached hydrogens (tertiary/aromatic N) is 1. The Hall–Kier alpha value is -3.23. The van der Waals surface area contributed by atoms with E-state index in [4.69, 9.17) is 10.8 Å². The van der Waals surface area contributed by atoms with E-state index in [9.17, 15) is 24.0 Å². The standard InChI is InChI=1S/C15H13N3O6/c16-8-3-1-2-7-10(8)14(22)18(13(7)21)9-4-6(5-17-12(9)20)11(19)15(23)24/h1-3,6,9H,4-5,16H2,(H,17,20)(H,23,24). The van der Waals surface area contributed by atoms with Crippen LogP contribution in [0.15, 0.2) is 18.2 Å². The van der Waals surface area contributed by atoms with Crippen LogP contribution in [0.2, 0.25) is 0 Å². The van der Waals surface area contributed by atoms with E-state index in [1.54, 1.807) is 0 Å². The molecule has 2 aliphatic rings. The average molecular weight is 331 g/mol. The highest BCUT2D eigenvalue weighted by Crippen LogP contribution is 2.31. The van der Waals surface area contributed by atoms with Gasteiger partial charge < -0.3 is 16.2 Å². The Balaban J connectivity index is 1.94. The minimum absolute atomic E-state index is 0.0157. The second-order valence-corrected chi connectivity index (χ2v) is 5.61. The maximum atomic E-state index is 12.5. The van der Waals surface area contributed by atoms with Gasteiger partial charge in [-0.25, -0.2) is 4.79 Å². The van der Waals surface area contributed by atoms with Gasteiger partial charge >= 0.3 is 5.97 Å². The fraction of sp³-hybridized carbons (Fsp3) is 0.267. The predicted molar refractivity (Wildman–Crippen MR) is 78.9 cm³/mol. The van der Waals surface area contributed by atoms with Crippen molar-refractivity contribution in [2.75, 3.05) is 12.3 Å². The third kappa shape index (κ3) is 2.21. The molecule has 124 valence electrons. The number of ketones is 1. The molecule has 9 nitrogen and oxygen atoms in total. The van der Waals surface area contributed by atoms with Crippen LogP contribution in [0.3, 0.4) is 0 Å². The number of rotatable bonds is 3. The number of amides is 3. The van der Waals surface area contributed by atoms with Gasteiger partial charge in [-0.05, 0) is 18.6 Å². The summed E-state index contributed by atoms with van der Waals surface area (Å²) in [6.07, 6.45) is -0.234. The van der Waals surface area contributed by atoms with E-state index in [1.165, 1.54) is 18.2 Å². The zero-order valence-electron chi connectivity index (χ0n) is 12.3. The van der Waals surface area contributed by atoms with Crippen LogP contribution in [0.5, 0.6) is 0 Å². The summed E-state index contributed by atoms with van der Waals surface area (Å²) in [6.45, 7) is -0.147. The number of nitrogens with two attached hydrogens (primary N) is 1. The molecule has 1 fully saturated rings. The van der Waals surface area contributed by atoms with Gasteiger partial charge in [0.25, 0.3) is 11.8 Å². The number of Topliss-reactive ketones (excluding diaryl/α,β-unsaturated/α-hetero) is 1. The maximum absolute atomic E-state index is 12.5. The molecule has 1 saturated heterocycles. The van der Waals surface area contributed by atoms with E-state index in [-0.39, 0.29) is 29.8 Å². The number of carboxylic acids is 1. The molecule has 2 heterocycles. The molecule has 4 N–H and O–H groups in total. The monoisotopic (exact) mass is 331 g/mol. The quantitative estimate of drug-likeness (QED) is 0.366. The van der Waals surface area contributed by atoms with Crippen LogP contribution in [0, 0.1) is 5.92 Å². The van der Waals surface area contributed by atoms with Gasteiger partial charge in [-0.3, -0.25) is 24.1 Å². The molecule has 1 aromatic carbocycles. The lowest BCUT2D eigenvalue weighted by atomic mass is 9.90. The molecule has 0 radical (unpaired) electrons. The summed E-state index contributed by atoms with van der Waals surface area (Å²) in [5, 5.41) is 11.2. The van der Waals surface area contributed by atoms with Crippen LogP contribution >= 0.6 is 0 Å². The predicted octanol–water partition coefficient (Wildman–Crippen LogP) is -0.977. The first-order valence-electron chi connectivity index (χ1n) is 7.14. The number of piperidine rings is 1. The van der Waals surface area contributed by atoms with Crippen LogP contribution in [-0.2, 0) is 14.4 Å². The number of benzene rings is 1. The van der Waals surface area contributed by atoms with Crippen molar-refractivity contribution in [3.05, 3.63) is 29.3 Å². The van der Waals surface area contributed by atoms with Crippen molar-refractivity contribution < 1.29 is 29.1 Å². The van der Waals surface area contributed by atoms with Gasteiger partial charge in [0.15, 0.2) is 0 Å². The maximum Gasteiger partial charge on any atom is 0.372 e. The van der Waals surface area contributed by atoms with Crippen LogP contribution in [0.4, 0.5) is 5.69 Å². The molecule has 3 amide bonds. The number of hydrogen-bond acceptors (Lipinski definition) is 6. The largest absolute Gasteiger partial charge is 0.475 e. The van der Waals surface area contributed by atoms with Crippen molar-refractivity contribution in [3.8, 4) is 0 Å². The van der Waals surface area contributed by atoms with Crippen molar-refractivity contribution in [2.24, 2.45) is 5.92 Å². The van der Waals surface area contributed by atoms with Gasteiger partial charge in [0.05, 0.1) is 11.1 Å². The Morgan fingerprint density at radius 3 is 2.54 bits per heavy atom. The number of hydrogen-bond donors (Lipinski definition) is 3. The Bertz CT molecular complexity index is 802. The minimum atomic E-state index is -1.62. The number of aliphatic carboxylic acids is 1. The first kappa shape index (κ1) is 15.7. The highest BCUT2D eigenvalue weighted by atomic mass is 16.4. The third-order valence-electron chi connectivity index (χ3n) is 4.20. The topological polar surface area (TPSA) is 147 Å². The summed E-state index contributed by atoms with van der Waals surface area (Å²) in [5.74, 6) is -5.73. The molecule has 3 rings (SSSR count). The normalized spacial score (nSPS) is 23.0. The van der Waals surface area contributed by atoms with Crippen molar-refractivity contribution in [2.45, 2.75) is 12.5 Å². The smallest absolute Gasteiger partial charge is 0.372 e. The Morgan fingerprint density at radius 1 is 1.21 bits per heavy atom. The molecular formula is C15H13N3O6.